The topological polar surface area (TPSA) is 81.7 Å². The number of thiophene rings is 1. The molecular weight excluding hydrogens is 318 g/mol. The van der Waals surface area contributed by atoms with Crippen molar-refractivity contribution in [3.8, 4) is 0 Å². The van der Waals surface area contributed by atoms with Crippen molar-refractivity contribution >= 4 is 34.2 Å². The number of rotatable bonds is 7. The molecule has 2 atom stereocenters. The Labute approximate surface area is 139 Å². The first-order valence-corrected chi connectivity index (χ1v) is 8.54. The maximum absolute atomic E-state index is 11.9. The molecule has 126 valence electrons. The SMILES string of the molecule is CCOC(=O)c1cc(CC)sc1NC(=O)COC(=O)[C@H]1C[C@H]1C. The quantitative estimate of drug-likeness (QED) is 0.772. The summed E-state index contributed by atoms with van der Waals surface area (Å²) in [5.41, 5.74) is 0.337. The zero-order valence-corrected chi connectivity index (χ0v) is 14.3. The number of amides is 1. The Morgan fingerprint density at radius 3 is 2.57 bits per heavy atom. The van der Waals surface area contributed by atoms with Gasteiger partial charge in [-0.1, -0.05) is 13.8 Å². The molecule has 0 radical (unpaired) electrons. The van der Waals surface area contributed by atoms with Gasteiger partial charge < -0.3 is 14.8 Å². The van der Waals surface area contributed by atoms with Crippen molar-refractivity contribution in [1.29, 1.82) is 0 Å². The van der Waals surface area contributed by atoms with E-state index in [4.69, 9.17) is 9.47 Å². The van der Waals surface area contributed by atoms with Gasteiger partial charge in [0.25, 0.3) is 5.91 Å². The van der Waals surface area contributed by atoms with E-state index in [2.05, 4.69) is 5.32 Å². The van der Waals surface area contributed by atoms with Crippen molar-refractivity contribution in [2.45, 2.75) is 33.6 Å². The molecule has 0 saturated heterocycles. The van der Waals surface area contributed by atoms with Crippen molar-refractivity contribution in [2.24, 2.45) is 11.8 Å². The first-order valence-electron chi connectivity index (χ1n) is 7.72. The van der Waals surface area contributed by atoms with Crippen LogP contribution in [0.4, 0.5) is 5.00 Å². The summed E-state index contributed by atoms with van der Waals surface area (Å²) in [7, 11) is 0. The van der Waals surface area contributed by atoms with E-state index in [1.165, 1.54) is 11.3 Å². The van der Waals surface area contributed by atoms with Gasteiger partial charge in [0.15, 0.2) is 6.61 Å². The highest BCUT2D eigenvalue weighted by molar-refractivity contribution is 7.16. The molecule has 1 fully saturated rings. The van der Waals surface area contributed by atoms with Crippen molar-refractivity contribution in [1.82, 2.24) is 0 Å². The number of hydrogen-bond donors (Lipinski definition) is 1. The summed E-state index contributed by atoms with van der Waals surface area (Å²) in [5.74, 6) is -1.00. The minimum Gasteiger partial charge on any atom is -0.462 e. The Morgan fingerprint density at radius 2 is 2.00 bits per heavy atom. The van der Waals surface area contributed by atoms with E-state index < -0.39 is 11.9 Å². The molecule has 0 unspecified atom stereocenters. The molecule has 1 aliphatic rings. The number of carbonyl (C=O) groups excluding carboxylic acids is 3. The van der Waals surface area contributed by atoms with Crippen molar-refractivity contribution in [3.05, 3.63) is 16.5 Å². The standard InChI is InChI=1S/C16H21NO5S/c1-4-10-7-12(16(20)21-5-2)14(23-10)17-13(18)8-22-15(19)11-6-9(11)3/h7,9,11H,4-6,8H2,1-3H3,(H,17,18)/t9-,11+/m1/s1. The van der Waals surface area contributed by atoms with Crippen LogP contribution in [0, 0.1) is 11.8 Å². The largest absolute Gasteiger partial charge is 0.462 e. The number of anilines is 1. The van der Waals surface area contributed by atoms with Crippen LogP contribution in [-0.2, 0) is 25.5 Å². The summed E-state index contributed by atoms with van der Waals surface area (Å²) >= 11 is 1.32. The lowest BCUT2D eigenvalue weighted by Crippen LogP contribution is -2.22. The highest BCUT2D eigenvalue weighted by atomic mass is 32.1. The van der Waals surface area contributed by atoms with Crippen LogP contribution in [0.1, 0.15) is 42.4 Å². The lowest BCUT2D eigenvalue weighted by Gasteiger charge is -2.07. The fourth-order valence-electron chi connectivity index (χ4n) is 2.13. The monoisotopic (exact) mass is 339 g/mol. The molecular formula is C16H21NO5S. The first kappa shape index (κ1) is 17.5. The summed E-state index contributed by atoms with van der Waals surface area (Å²) in [5, 5.41) is 3.06. The molecule has 0 aromatic carbocycles. The van der Waals surface area contributed by atoms with Gasteiger partial charge in [-0.15, -0.1) is 11.3 Å². The van der Waals surface area contributed by atoms with Crippen LogP contribution in [0.25, 0.3) is 0 Å². The Bertz CT molecular complexity index is 610. The number of carbonyl (C=O) groups is 3. The van der Waals surface area contributed by atoms with E-state index >= 15 is 0 Å². The Kier molecular flexibility index (Phi) is 5.76. The minimum atomic E-state index is -0.470. The lowest BCUT2D eigenvalue weighted by atomic mass is 10.2. The van der Waals surface area contributed by atoms with Gasteiger partial charge in [0.1, 0.15) is 5.00 Å². The third-order valence-electron chi connectivity index (χ3n) is 3.64. The second-order valence-corrected chi connectivity index (χ2v) is 6.64. The summed E-state index contributed by atoms with van der Waals surface area (Å²) in [6, 6.07) is 1.72. The maximum atomic E-state index is 11.9. The molecule has 1 aromatic rings. The molecule has 23 heavy (non-hydrogen) atoms. The van der Waals surface area contributed by atoms with Crippen LogP contribution >= 0.6 is 11.3 Å². The van der Waals surface area contributed by atoms with Crippen molar-refractivity contribution in [3.63, 3.8) is 0 Å². The molecule has 0 aliphatic heterocycles. The average Bonchev–Trinajstić information content (AvgIpc) is 3.10. The average molecular weight is 339 g/mol. The van der Waals surface area contributed by atoms with E-state index in [0.29, 0.717) is 16.5 Å². The molecule has 7 heteroatoms. The van der Waals surface area contributed by atoms with Crippen molar-refractivity contribution in [2.75, 3.05) is 18.5 Å². The molecule has 1 aromatic heterocycles. The van der Waals surface area contributed by atoms with Gasteiger partial charge in [-0.2, -0.15) is 0 Å². The van der Waals surface area contributed by atoms with E-state index in [0.717, 1.165) is 17.7 Å². The Balaban J connectivity index is 1.95. The fraction of sp³-hybridized carbons (Fsp3) is 0.562. The highest BCUT2D eigenvalue weighted by Gasteiger charge is 2.40. The zero-order chi connectivity index (χ0) is 17.0. The molecule has 1 saturated carbocycles. The lowest BCUT2D eigenvalue weighted by molar-refractivity contribution is -0.148. The number of esters is 2. The van der Waals surface area contributed by atoms with Gasteiger partial charge in [0.2, 0.25) is 0 Å². The third-order valence-corrected chi connectivity index (χ3v) is 4.83. The zero-order valence-electron chi connectivity index (χ0n) is 13.5. The van der Waals surface area contributed by atoms with Crippen molar-refractivity contribution < 1.29 is 23.9 Å². The smallest absolute Gasteiger partial charge is 0.341 e. The highest BCUT2D eigenvalue weighted by Crippen LogP contribution is 2.38. The Morgan fingerprint density at radius 1 is 1.30 bits per heavy atom. The number of nitrogens with one attached hydrogen (secondary N) is 1. The van der Waals surface area contributed by atoms with Crippen LogP contribution in [0.5, 0.6) is 0 Å². The van der Waals surface area contributed by atoms with Gasteiger partial charge >= 0.3 is 11.9 Å². The number of hydrogen-bond acceptors (Lipinski definition) is 6. The predicted octanol–water partition coefficient (Wildman–Crippen LogP) is 2.62. The molecule has 2 rings (SSSR count). The molecule has 0 spiro atoms. The van der Waals surface area contributed by atoms with Crippen LogP contribution in [0.2, 0.25) is 0 Å². The summed E-state index contributed by atoms with van der Waals surface area (Å²) in [6.07, 6.45) is 1.57. The summed E-state index contributed by atoms with van der Waals surface area (Å²) < 4.78 is 9.98. The molecule has 0 bridgehead atoms. The Hall–Kier alpha value is -1.89. The molecule has 1 N–H and O–H groups in total. The van der Waals surface area contributed by atoms with Gasteiger partial charge in [-0.05, 0) is 31.7 Å². The fourth-order valence-corrected chi connectivity index (χ4v) is 3.13. The second kappa shape index (κ2) is 7.59. The predicted molar refractivity (Wildman–Crippen MR) is 86.5 cm³/mol. The van der Waals surface area contributed by atoms with E-state index in [-0.39, 0.29) is 25.1 Å². The second-order valence-electron chi connectivity index (χ2n) is 5.50. The van der Waals surface area contributed by atoms with Crippen LogP contribution in [0.15, 0.2) is 6.07 Å². The number of aryl methyl sites for hydroxylation is 1. The van der Waals surface area contributed by atoms with Crippen LogP contribution < -0.4 is 5.32 Å². The molecule has 1 aliphatic carbocycles. The van der Waals surface area contributed by atoms with E-state index in [1.807, 2.05) is 13.8 Å². The van der Waals surface area contributed by atoms with E-state index in [9.17, 15) is 14.4 Å². The third kappa shape index (κ3) is 4.54. The maximum Gasteiger partial charge on any atom is 0.341 e. The first-order chi connectivity index (χ1) is 11.0. The summed E-state index contributed by atoms with van der Waals surface area (Å²) in [6.45, 7) is 5.58. The van der Waals surface area contributed by atoms with Gasteiger partial charge in [-0.3, -0.25) is 9.59 Å². The van der Waals surface area contributed by atoms with E-state index in [1.54, 1.807) is 13.0 Å². The van der Waals surface area contributed by atoms with Gasteiger partial charge in [-0.25, -0.2) is 4.79 Å². The number of ether oxygens (including phenoxy) is 2. The van der Waals surface area contributed by atoms with Gasteiger partial charge in [0, 0.05) is 4.88 Å². The molecule has 1 amide bonds. The molecule has 1 heterocycles. The summed E-state index contributed by atoms with van der Waals surface area (Å²) in [4.78, 5) is 36.4. The van der Waals surface area contributed by atoms with Gasteiger partial charge in [0.05, 0.1) is 18.1 Å². The van der Waals surface area contributed by atoms with Crippen LogP contribution in [-0.4, -0.2) is 31.1 Å². The van der Waals surface area contributed by atoms with Crippen LogP contribution in [0.3, 0.4) is 0 Å². The molecule has 6 nitrogen and oxygen atoms in total. The minimum absolute atomic E-state index is 0.0775. The normalized spacial score (nSPS) is 19.1.